The maximum absolute atomic E-state index is 12.5. The zero-order chi connectivity index (χ0) is 22.0. The topological polar surface area (TPSA) is 124 Å². The highest BCUT2D eigenvalue weighted by Gasteiger charge is 2.18. The highest BCUT2D eigenvalue weighted by Crippen LogP contribution is 2.17. The van der Waals surface area contributed by atoms with E-state index in [-0.39, 0.29) is 30.7 Å². The fourth-order valence-electron chi connectivity index (χ4n) is 2.97. The molecule has 1 N–H and O–H groups in total. The molecule has 11 heteroatoms. The molecule has 0 spiro atoms. The Kier molecular flexibility index (Phi) is 5.90. The van der Waals surface area contributed by atoms with Crippen molar-refractivity contribution in [1.29, 1.82) is 0 Å². The minimum absolute atomic E-state index is 0.0523. The summed E-state index contributed by atoms with van der Waals surface area (Å²) in [5.41, 5.74) is 4.00. The number of carbonyl (C=O) groups is 2. The summed E-state index contributed by atoms with van der Waals surface area (Å²) in [5, 5.41) is 11.3. The van der Waals surface area contributed by atoms with Crippen LogP contribution in [0.4, 0.5) is 5.95 Å². The van der Waals surface area contributed by atoms with Crippen LogP contribution in [0.25, 0.3) is 5.95 Å². The van der Waals surface area contributed by atoms with Gasteiger partial charge in [0.15, 0.2) is 0 Å². The molecule has 0 atom stereocenters. The average molecular weight is 411 g/mol. The lowest BCUT2D eigenvalue weighted by Crippen LogP contribution is -2.26. The molecule has 0 bridgehead atoms. The van der Waals surface area contributed by atoms with Gasteiger partial charge in [-0.25, -0.2) is 24.3 Å². The summed E-state index contributed by atoms with van der Waals surface area (Å²) in [6.45, 7) is 7.57. The van der Waals surface area contributed by atoms with Crippen molar-refractivity contribution in [2.45, 2.75) is 40.7 Å². The van der Waals surface area contributed by atoms with E-state index < -0.39 is 0 Å². The fraction of sp³-hybridized carbons (Fsp3) is 0.421. The minimum Gasteiger partial charge on any atom is -0.347 e. The standard InChI is InChI=1S/C19H25N9O2/c1-11-7-12(2)22-19(21-11)28-14(4)15(13(3)24-28)8-16(29)23-18-20-10-27(25-18)9-17(30)26(5)6/h7,10H,8-9H2,1-6H3,(H,23,25,29). The van der Waals surface area contributed by atoms with Gasteiger partial charge < -0.3 is 4.90 Å². The summed E-state index contributed by atoms with van der Waals surface area (Å²) in [7, 11) is 3.33. The zero-order valence-electron chi connectivity index (χ0n) is 18.0. The predicted octanol–water partition coefficient (Wildman–Crippen LogP) is 0.757. The van der Waals surface area contributed by atoms with E-state index in [0.29, 0.717) is 5.95 Å². The number of likely N-dealkylation sites (N-methyl/N-ethyl adjacent to an activating group) is 1. The molecular weight excluding hydrogens is 386 g/mol. The maximum atomic E-state index is 12.5. The second-order valence-corrected chi connectivity index (χ2v) is 7.29. The first kappa shape index (κ1) is 21.1. The van der Waals surface area contributed by atoms with Crippen LogP contribution in [0.5, 0.6) is 0 Å². The van der Waals surface area contributed by atoms with E-state index in [0.717, 1.165) is 28.3 Å². The van der Waals surface area contributed by atoms with Gasteiger partial charge >= 0.3 is 0 Å². The van der Waals surface area contributed by atoms with Crippen LogP contribution in [0.2, 0.25) is 0 Å². The van der Waals surface area contributed by atoms with E-state index in [1.807, 2.05) is 33.8 Å². The number of hydrogen-bond donors (Lipinski definition) is 1. The Balaban J connectivity index is 1.72. The predicted molar refractivity (Wildman–Crippen MR) is 109 cm³/mol. The summed E-state index contributed by atoms with van der Waals surface area (Å²) in [6, 6.07) is 1.89. The van der Waals surface area contributed by atoms with Crippen molar-refractivity contribution in [2.75, 3.05) is 19.4 Å². The number of aromatic nitrogens is 7. The molecule has 30 heavy (non-hydrogen) atoms. The Morgan fingerprint density at radius 3 is 2.37 bits per heavy atom. The molecule has 0 fully saturated rings. The van der Waals surface area contributed by atoms with E-state index in [2.05, 4.69) is 30.5 Å². The van der Waals surface area contributed by atoms with Gasteiger partial charge in [-0.05, 0) is 33.8 Å². The van der Waals surface area contributed by atoms with Crippen LogP contribution in [-0.4, -0.2) is 65.3 Å². The quantitative estimate of drug-likeness (QED) is 0.635. The number of carbonyl (C=O) groups excluding carboxylic acids is 2. The normalized spacial score (nSPS) is 10.9. The van der Waals surface area contributed by atoms with Crippen LogP contribution in [0.1, 0.15) is 28.3 Å². The van der Waals surface area contributed by atoms with Crippen molar-refractivity contribution >= 4 is 17.8 Å². The molecule has 0 saturated heterocycles. The Bertz CT molecular complexity index is 1080. The van der Waals surface area contributed by atoms with Crippen molar-refractivity contribution < 1.29 is 9.59 Å². The number of aryl methyl sites for hydroxylation is 3. The van der Waals surface area contributed by atoms with Crippen LogP contribution in [0.15, 0.2) is 12.4 Å². The van der Waals surface area contributed by atoms with Gasteiger partial charge in [0.05, 0.1) is 12.1 Å². The van der Waals surface area contributed by atoms with Crippen LogP contribution in [-0.2, 0) is 22.6 Å². The molecule has 0 unspecified atom stereocenters. The van der Waals surface area contributed by atoms with Gasteiger partial charge in [-0.1, -0.05) is 0 Å². The van der Waals surface area contributed by atoms with Gasteiger partial charge in [0.1, 0.15) is 12.9 Å². The average Bonchev–Trinajstić information content (AvgIpc) is 3.19. The third-order valence-corrected chi connectivity index (χ3v) is 4.52. The lowest BCUT2D eigenvalue weighted by molar-refractivity contribution is -0.129. The number of nitrogens with zero attached hydrogens (tertiary/aromatic N) is 8. The van der Waals surface area contributed by atoms with Crippen molar-refractivity contribution in [1.82, 2.24) is 39.4 Å². The number of anilines is 1. The lowest BCUT2D eigenvalue weighted by atomic mass is 10.1. The lowest BCUT2D eigenvalue weighted by Gasteiger charge is -2.09. The molecule has 0 saturated carbocycles. The molecule has 0 aliphatic rings. The van der Waals surface area contributed by atoms with E-state index in [1.54, 1.807) is 18.8 Å². The van der Waals surface area contributed by atoms with Gasteiger partial charge in [-0.15, -0.1) is 5.10 Å². The van der Waals surface area contributed by atoms with Crippen LogP contribution < -0.4 is 5.32 Å². The molecular formula is C19H25N9O2. The van der Waals surface area contributed by atoms with Gasteiger partial charge in [0, 0.05) is 36.7 Å². The molecule has 3 rings (SSSR count). The van der Waals surface area contributed by atoms with E-state index in [4.69, 9.17) is 0 Å². The Hall–Kier alpha value is -3.63. The molecule has 0 aliphatic heterocycles. The SMILES string of the molecule is Cc1cc(C)nc(-n2nc(C)c(CC(=O)Nc3ncn(CC(=O)N(C)C)n3)c2C)n1. The second-order valence-electron chi connectivity index (χ2n) is 7.29. The zero-order valence-corrected chi connectivity index (χ0v) is 18.0. The van der Waals surface area contributed by atoms with Crippen molar-refractivity contribution in [3.63, 3.8) is 0 Å². The Morgan fingerprint density at radius 1 is 1.07 bits per heavy atom. The van der Waals surface area contributed by atoms with Gasteiger partial charge in [-0.2, -0.15) is 5.10 Å². The minimum atomic E-state index is -0.279. The summed E-state index contributed by atoms with van der Waals surface area (Å²) in [6.07, 6.45) is 1.51. The Labute approximate surface area is 174 Å². The van der Waals surface area contributed by atoms with Crippen LogP contribution in [0, 0.1) is 27.7 Å². The number of nitrogens with one attached hydrogen (secondary N) is 1. The Morgan fingerprint density at radius 2 is 1.73 bits per heavy atom. The highest BCUT2D eigenvalue weighted by atomic mass is 16.2. The summed E-state index contributed by atoms with van der Waals surface area (Å²) >= 11 is 0. The van der Waals surface area contributed by atoms with E-state index in [9.17, 15) is 9.59 Å². The van der Waals surface area contributed by atoms with E-state index >= 15 is 0 Å². The molecule has 0 aromatic carbocycles. The molecule has 0 aliphatic carbocycles. The molecule has 3 aromatic rings. The van der Waals surface area contributed by atoms with Crippen molar-refractivity contribution in [3.05, 3.63) is 40.7 Å². The van der Waals surface area contributed by atoms with Crippen molar-refractivity contribution in [3.8, 4) is 5.95 Å². The second kappa shape index (κ2) is 8.39. The van der Waals surface area contributed by atoms with Gasteiger partial charge in [0.2, 0.25) is 17.8 Å². The molecule has 3 heterocycles. The third kappa shape index (κ3) is 4.67. The number of amides is 2. The summed E-state index contributed by atoms with van der Waals surface area (Å²) in [5.74, 6) is 0.224. The van der Waals surface area contributed by atoms with E-state index in [1.165, 1.54) is 15.9 Å². The summed E-state index contributed by atoms with van der Waals surface area (Å²) in [4.78, 5) is 38.7. The van der Waals surface area contributed by atoms with Crippen LogP contribution in [0.3, 0.4) is 0 Å². The van der Waals surface area contributed by atoms with Crippen LogP contribution >= 0.6 is 0 Å². The van der Waals surface area contributed by atoms with Crippen molar-refractivity contribution in [2.24, 2.45) is 0 Å². The maximum Gasteiger partial charge on any atom is 0.251 e. The fourth-order valence-corrected chi connectivity index (χ4v) is 2.97. The summed E-state index contributed by atoms with van der Waals surface area (Å²) < 4.78 is 3.03. The third-order valence-electron chi connectivity index (χ3n) is 4.52. The van der Waals surface area contributed by atoms with Gasteiger partial charge in [-0.3, -0.25) is 14.9 Å². The first-order chi connectivity index (χ1) is 14.1. The first-order valence-electron chi connectivity index (χ1n) is 9.41. The molecule has 158 valence electrons. The molecule has 2 amide bonds. The van der Waals surface area contributed by atoms with Gasteiger partial charge in [0.25, 0.3) is 5.95 Å². The molecule has 3 aromatic heterocycles. The largest absolute Gasteiger partial charge is 0.347 e. The molecule has 0 radical (unpaired) electrons. The smallest absolute Gasteiger partial charge is 0.251 e. The highest BCUT2D eigenvalue weighted by molar-refractivity contribution is 5.90. The number of hydrogen-bond acceptors (Lipinski definition) is 7. The number of rotatable bonds is 6. The first-order valence-corrected chi connectivity index (χ1v) is 9.41. The molecule has 11 nitrogen and oxygen atoms in total. The monoisotopic (exact) mass is 411 g/mol.